The lowest BCUT2D eigenvalue weighted by atomic mass is 10.1. The van der Waals surface area contributed by atoms with Crippen LogP contribution in [0.15, 0.2) is 30.6 Å². The Morgan fingerprint density at radius 1 is 1.00 bits per heavy atom. The first kappa shape index (κ1) is 12.8. The van der Waals surface area contributed by atoms with Crippen LogP contribution in [0.25, 0.3) is 11.3 Å². The summed E-state index contributed by atoms with van der Waals surface area (Å²) in [6, 6.07) is 2.11. The Morgan fingerprint density at radius 2 is 1.67 bits per heavy atom. The second-order valence-electron chi connectivity index (χ2n) is 3.42. The summed E-state index contributed by atoms with van der Waals surface area (Å²) in [5, 5.41) is -0.0868. The van der Waals surface area contributed by atoms with E-state index in [0.29, 0.717) is 6.07 Å². The van der Waals surface area contributed by atoms with E-state index in [4.69, 9.17) is 11.6 Å². The fourth-order valence-corrected chi connectivity index (χ4v) is 1.62. The highest BCUT2D eigenvalue weighted by Crippen LogP contribution is 2.33. The van der Waals surface area contributed by atoms with E-state index < -0.39 is 17.6 Å². The van der Waals surface area contributed by atoms with Gasteiger partial charge in [0, 0.05) is 18.0 Å². The van der Waals surface area contributed by atoms with Gasteiger partial charge >= 0.3 is 6.18 Å². The molecule has 2 nitrogen and oxygen atoms in total. The van der Waals surface area contributed by atoms with E-state index in [-0.39, 0.29) is 16.4 Å². The molecule has 0 radical (unpaired) electrons. The number of alkyl halides is 3. The van der Waals surface area contributed by atoms with Gasteiger partial charge in [-0.05, 0) is 18.2 Å². The number of nitrogens with zero attached hydrogens (tertiary/aromatic N) is 2. The topological polar surface area (TPSA) is 25.8 Å². The van der Waals surface area contributed by atoms with Gasteiger partial charge in [0.2, 0.25) is 0 Å². The second kappa shape index (κ2) is 4.53. The van der Waals surface area contributed by atoms with Crippen molar-refractivity contribution in [2.75, 3.05) is 0 Å². The first-order chi connectivity index (χ1) is 8.38. The van der Waals surface area contributed by atoms with E-state index in [1.54, 1.807) is 0 Å². The molecule has 1 aromatic heterocycles. The molecule has 0 atom stereocenters. The van der Waals surface area contributed by atoms with E-state index in [0.717, 1.165) is 12.1 Å². The third-order valence-corrected chi connectivity index (χ3v) is 2.43. The highest BCUT2D eigenvalue weighted by molar-refractivity contribution is 6.31. The molecule has 0 amide bonds. The minimum atomic E-state index is -4.63. The van der Waals surface area contributed by atoms with Gasteiger partial charge in [-0.2, -0.15) is 13.2 Å². The molecular formula is C11H5ClF4N2. The third kappa shape index (κ3) is 2.59. The lowest BCUT2D eigenvalue weighted by Gasteiger charge is -2.09. The van der Waals surface area contributed by atoms with E-state index in [1.165, 1.54) is 12.4 Å². The molecule has 0 unspecified atom stereocenters. The quantitative estimate of drug-likeness (QED) is 0.737. The molecule has 94 valence electrons. The Balaban J connectivity index is 2.60. The standard InChI is InChI=1S/C11H5ClF4N2/c12-10-9(17-1-2-18-10)6-3-7(11(14,15)16)5-8(13)4-6/h1-5H. The molecule has 7 heteroatoms. The van der Waals surface area contributed by atoms with Gasteiger partial charge in [-0.1, -0.05) is 11.6 Å². The Bertz CT molecular complexity index is 583. The predicted octanol–water partition coefficient (Wildman–Crippen LogP) is 3.95. The van der Waals surface area contributed by atoms with Crippen LogP contribution < -0.4 is 0 Å². The molecule has 1 aromatic carbocycles. The van der Waals surface area contributed by atoms with Crippen LogP contribution in [0.3, 0.4) is 0 Å². The minimum absolute atomic E-state index is 0.00386. The van der Waals surface area contributed by atoms with Crippen molar-refractivity contribution in [2.45, 2.75) is 6.18 Å². The molecule has 1 heterocycles. The van der Waals surface area contributed by atoms with Crippen molar-refractivity contribution < 1.29 is 17.6 Å². The normalized spacial score (nSPS) is 11.6. The van der Waals surface area contributed by atoms with Crippen LogP contribution in [0.5, 0.6) is 0 Å². The van der Waals surface area contributed by atoms with Gasteiger partial charge in [0.25, 0.3) is 0 Å². The van der Waals surface area contributed by atoms with Crippen LogP contribution in [0.2, 0.25) is 5.15 Å². The fraction of sp³-hybridized carbons (Fsp3) is 0.0909. The summed E-state index contributed by atoms with van der Waals surface area (Å²) in [5.41, 5.74) is -1.16. The van der Waals surface area contributed by atoms with E-state index in [9.17, 15) is 17.6 Å². The molecular weight excluding hydrogens is 272 g/mol. The molecule has 18 heavy (non-hydrogen) atoms. The summed E-state index contributed by atoms with van der Waals surface area (Å²) in [5.74, 6) is -1.01. The third-order valence-electron chi connectivity index (χ3n) is 2.15. The van der Waals surface area contributed by atoms with Gasteiger partial charge in [-0.15, -0.1) is 0 Å². The van der Waals surface area contributed by atoms with Gasteiger partial charge in [0.05, 0.1) is 5.56 Å². The molecule has 0 bridgehead atoms. The molecule has 0 aliphatic heterocycles. The van der Waals surface area contributed by atoms with E-state index in [2.05, 4.69) is 9.97 Å². The zero-order chi connectivity index (χ0) is 13.3. The Morgan fingerprint density at radius 3 is 2.28 bits per heavy atom. The summed E-state index contributed by atoms with van der Waals surface area (Å²) < 4.78 is 50.8. The minimum Gasteiger partial charge on any atom is -0.251 e. The molecule has 2 aromatic rings. The highest BCUT2D eigenvalue weighted by atomic mass is 35.5. The Kier molecular flexibility index (Phi) is 3.21. The maximum absolute atomic E-state index is 13.2. The van der Waals surface area contributed by atoms with Crippen molar-refractivity contribution in [3.63, 3.8) is 0 Å². The largest absolute Gasteiger partial charge is 0.416 e. The number of rotatable bonds is 1. The second-order valence-corrected chi connectivity index (χ2v) is 3.78. The number of aromatic nitrogens is 2. The molecule has 0 spiro atoms. The van der Waals surface area contributed by atoms with Crippen molar-refractivity contribution >= 4 is 11.6 Å². The summed E-state index contributed by atoms with van der Waals surface area (Å²) in [6.45, 7) is 0. The summed E-state index contributed by atoms with van der Waals surface area (Å²) >= 11 is 5.70. The lowest BCUT2D eigenvalue weighted by molar-refractivity contribution is -0.137. The maximum atomic E-state index is 13.2. The zero-order valence-corrected chi connectivity index (χ0v) is 9.43. The van der Waals surface area contributed by atoms with Crippen molar-refractivity contribution in [1.82, 2.24) is 9.97 Å². The molecule has 0 N–H and O–H groups in total. The van der Waals surface area contributed by atoms with Crippen molar-refractivity contribution in [1.29, 1.82) is 0 Å². The van der Waals surface area contributed by atoms with Crippen molar-refractivity contribution in [2.24, 2.45) is 0 Å². The first-order valence-electron chi connectivity index (χ1n) is 4.72. The Labute approximate surface area is 104 Å². The van der Waals surface area contributed by atoms with Gasteiger partial charge in [0.15, 0.2) is 5.15 Å². The summed E-state index contributed by atoms with van der Waals surface area (Å²) in [6.07, 6.45) is -2.08. The van der Waals surface area contributed by atoms with Gasteiger partial charge in [0.1, 0.15) is 11.5 Å². The summed E-state index contributed by atoms with van der Waals surface area (Å²) in [7, 11) is 0. The summed E-state index contributed by atoms with van der Waals surface area (Å²) in [4.78, 5) is 7.46. The van der Waals surface area contributed by atoms with Gasteiger partial charge < -0.3 is 0 Å². The van der Waals surface area contributed by atoms with Crippen LogP contribution in [0, 0.1) is 5.82 Å². The van der Waals surface area contributed by atoms with E-state index >= 15 is 0 Å². The van der Waals surface area contributed by atoms with Crippen LogP contribution >= 0.6 is 11.6 Å². The molecule has 0 saturated heterocycles. The van der Waals surface area contributed by atoms with Crippen LogP contribution in [0.4, 0.5) is 17.6 Å². The van der Waals surface area contributed by atoms with Crippen LogP contribution in [-0.2, 0) is 6.18 Å². The molecule has 0 aliphatic rings. The SMILES string of the molecule is Fc1cc(-c2nccnc2Cl)cc(C(F)(F)F)c1. The number of benzene rings is 1. The van der Waals surface area contributed by atoms with Crippen molar-refractivity contribution in [3.05, 3.63) is 47.1 Å². The molecule has 0 aliphatic carbocycles. The lowest BCUT2D eigenvalue weighted by Crippen LogP contribution is -2.06. The number of hydrogen-bond donors (Lipinski definition) is 0. The Hall–Kier alpha value is -1.69. The highest BCUT2D eigenvalue weighted by Gasteiger charge is 2.31. The number of halogens is 5. The van der Waals surface area contributed by atoms with Gasteiger partial charge in [-0.25, -0.2) is 9.37 Å². The van der Waals surface area contributed by atoms with Gasteiger partial charge in [-0.3, -0.25) is 4.98 Å². The fourth-order valence-electron chi connectivity index (χ4n) is 1.40. The van der Waals surface area contributed by atoms with Crippen LogP contribution in [0.1, 0.15) is 5.56 Å². The average Bonchev–Trinajstić information content (AvgIpc) is 2.27. The zero-order valence-electron chi connectivity index (χ0n) is 8.67. The first-order valence-corrected chi connectivity index (χ1v) is 5.10. The van der Waals surface area contributed by atoms with Crippen molar-refractivity contribution in [3.8, 4) is 11.3 Å². The van der Waals surface area contributed by atoms with Crippen LogP contribution in [-0.4, -0.2) is 9.97 Å². The predicted molar refractivity (Wildman–Crippen MR) is 57.4 cm³/mol. The smallest absolute Gasteiger partial charge is 0.251 e. The molecule has 0 saturated carbocycles. The molecule has 2 rings (SSSR count). The number of hydrogen-bond acceptors (Lipinski definition) is 2. The monoisotopic (exact) mass is 276 g/mol. The van der Waals surface area contributed by atoms with E-state index in [1.807, 2.05) is 0 Å². The average molecular weight is 277 g/mol. The maximum Gasteiger partial charge on any atom is 0.416 e. The molecule has 0 fully saturated rings.